The van der Waals surface area contributed by atoms with E-state index in [9.17, 15) is 4.79 Å². The van der Waals surface area contributed by atoms with Crippen LogP contribution < -0.4 is 5.32 Å². The van der Waals surface area contributed by atoms with Crippen molar-refractivity contribution >= 4 is 28.8 Å². The summed E-state index contributed by atoms with van der Waals surface area (Å²) in [6.45, 7) is 0.580. The van der Waals surface area contributed by atoms with E-state index in [-0.39, 0.29) is 5.69 Å². The Bertz CT molecular complexity index is 722. The van der Waals surface area contributed by atoms with E-state index in [2.05, 4.69) is 19.8 Å². The van der Waals surface area contributed by atoms with Crippen molar-refractivity contribution in [1.82, 2.24) is 19.0 Å². The second kappa shape index (κ2) is 4.65. The van der Waals surface area contributed by atoms with Crippen LogP contribution in [0.25, 0.3) is 5.52 Å². The molecule has 0 aromatic carbocycles. The Morgan fingerprint density at radius 1 is 1.47 bits per heavy atom. The predicted molar refractivity (Wildman–Crippen MR) is 69.4 cm³/mol. The number of rotatable bonds is 4. The summed E-state index contributed by atoms with van der Waals surface area (Å²) in [7, 11) is 0. The summed E-state index contributed by atoms with van der Waals surface area (Å²) in [5.41, 5.74) is 1.71. The minimum atomic E-state index is -1.06. The number of carbonyl (C=O) groups is 1. The number of hydrogen-bond donors (Lipinski definition) is 2. The molecular weight excluding hydrogens is 266 g/mol. The van der Waals surface area contributed by atoms with E-state index in [1.54, 1.807) is 18.5 Å². The molecule has 0 bridgehead atoms. The Balaban J connectivity index is 1.94. The lowest BCUT2D eigenvalue weighted by atomic mass is 10.3. The third kappa shape index (κ3) is 2.13. The highest BCUT2D eigenvalue weighted by molar-refractivity contribution is 7.03. The first kappa shape index (κ1) is 11.6. The van der Waals surface area contributed by atoms with Crippen LogP contribution in [0.3, 0.4) is 0 Å². The summed E-state index contributed by atoms with van der Waals surface area (Å²) >= 11 is 1.38. The first-order valence-electron chi connectivity index (χ1n) is 5.44. The Kier molecular flexibility index (Phi) is 2.84. The van der Waals surface area contributed by atoms with E-state index in [4.69, 9.17) is 5.11 Å². The van der Waals surface area contributed by atoms with Crippen LogP contribution in [0.5, 0.6) is 0 Å². The summed E-state index contributed by atoms with van der Waals surface area (Å²) in [5.74, 6) is -0.469. The van der Waals surface area contributed by atoms with E-state index in [0.29, 0.717) is 17.9 Å². The molecule has 3 aromatic heterocycles. The lowest BCUT2D eigenvalue weighted by Crippen LogP contribution is -2.10. The number of aromatic nitrogens is 4. The Morgan fingerprint density at radius 3 is 3.11 bits per heavy atom. The van der Waals surface area contributed by atoms with Gasteiger partial charge < -0.3 is 10.4 Å². The molecule has 0 radical (unpaired) electrons. The number of carboxylic acids is 1. The Morgan fingerprint density at radius 2 is 2.37 bits per heavy atom. The molecule has 96 valence electrons. The van der Waals surface area contributed by atoms with Gasteiger partial charge >= 0.3 is 5.97 Å². The van der Waals surface area contributed by atoms with Gasteiger partial charge in [-0.25, -0.2) is 18.7 Å². The number of aromatic carboxylic acids is 1. The fourth-order valence-corrected chi connectivity index (χ4v) is 2.24. The maximum atomic E-state index is 11.0. The third-order valence-electron chi connectivity index (χ3n) is 2.59. The summed E-state index contributed by atoms with van der Waals surface area (Å²) in [6, 6.07) is 1.72. The van der Waals surface area contributed by atoms with E-state index in [1.807, 2.05) is 5.38 Å². The van der Waals surface area contributed by atoms with Crippen molar-refractivity contribution in [2.75, 3.05) is 5.32 Å². The van der Waals surface area contributed by atoms with Gasteiger partial charge in [0.25, 0.3) is 0 Å². The van der Waals surface area contributed by atoms with Crippen LogP contribution in [-0.2, 0) is 6.54 Å². The molecule has 0 atom stereocenters. The number of hydrogen-bond acceptors (Lipinski definition) is 6. The van der Waals surface area contributed by atoms with Crippen LogP contribution in [0.2, 0.25) is 0 Å². The van der Waals surface area contributed by atoms with Gasteiger partial charge in [0.05, 0.1) is 12.4 Å². The fourth-order valence-electron chi connectivity index (χ4n) is 1.70. The monoisotopic (exact) mass is 275 g/mol. The topological polar surface area (TPSA) is 92.4 Å². The fraction of sp³-hybridized carbons (Fsp3) is 0.0909. The zero-order chi connectivity index (χ0) is 13.2. The summed E-state index contributed by atoms with van der Waals surface area (Å²) in [4.78, 5) is 15.2. The molecule has 7 nitrogen and oxygen atoms in total. The third-order valence-corrected chi connectivity index (χ3v) is 3.23. The first-order valence-corrected chi connectivity index (χ1v) is 6.27. The summed E-state index contributed by atoms with van der Waals surface area (Å²) in [6.07, 6.45) is 4.61. The molecule has 3 heterocycles. The Hall–Kier alpha value is -2.48. The predicted octanol–water partition coefficient (Wildman–Crippen LogP) is 1.50. The number of nitrogens with one attached hydrogen (secondary N) is 1. The van der Waals surface area contributed by atoms with E-state index >= 15 is 0 Å². The molecule has 0 saturated carbocycles. The van der Waals surface area contributed by atoms with Crippen molar-refractivity contribution in [3.05, 3.63) is 41.3 Å². The highest BCUT2D eigenvalue weighted by atomic mass is 32.1. The Labute approximate surface area is 111 Å². The average Bonchev–Trinajstić information content (AvgIpc) is 3.06. The second-order valence-electron chi connectivity index (χ2n) is 3.81. The van der Waals surface area contributed by atoms with Crippen molar-refractivity contribution in [2.45, 2.75) is 6.54 Å². The zero-order valence-corrected chi connectivity index (χ0v) is 10.5. The van der Waals surface area contributed by atoms with Crippen molar-refractivity contribution in [3.63, 3.8) is 0 Å². The van der Waals surface area contributed by atoms with Gasteiger partial charge in [0, 0.05) is 23.7 Å². The van der Waals surface area contributed by atoms with Gasteiger partial charge in [0.1, 0.15) is 5.52 Å². The maximum absolute atomic E-state index is 11.0. The van der Waals surface area contributed by atoms with Gasteiger partial charge in [0.15, 0.2) is 11.5 Å². The highest BCUT2D eigenvalue weighted by Gasteiger charge is 2.13. The molecule has 2 N–H and O–H groups in total. The smallest absolute Gasteiger partial charge is 0.356 e. The van der Waals surface area contributed by atoms with Gasteiger partial charge in [0.2, 0.25) is 0 Å². The molecule has 0 unspecified atom stereocenters. The van der Waals surface area contributed by atoms with E-state index in [1.165, 1.54) is 22.2 Å². The standard InChI is InChI=1S/C11H9N5O2S/c17-11(18)9-5-13-10(8-1-2-14-16(8)9)12-3-7-4-15-19-6-7/h1-2,4-6H,3H2,(H,12,13)(H,17,18). The van der Waals surface area contributed by atoms with Gasteiger partial charge in [-0.1, -0.05) is 0 Å². The molecule has 0 aliphatic heterocycles. The SMILES string of the molecule is O=C(O)c1cnc(NCc2cnsc2)c2ccnn12. The van der Waals surface area contributed by atoms with E-state index < -0.39 is 5.97 Å². The molecule has 0 saturated heterocycles. The number of nitrogens with zero attached hydrogens (tertiary/aromatic N) is 4. The number of anilines is 1. The molecule has 0 fully saturated rings. The van der Waals surface area contributed by atoms with E-state index in [0.717, 1.165) is 5.56 Å². The van der Waals surface area contributed by atoms with Crippen molar-refractivity contribution in [2.24, 2.45) is 0 Å². The van der Waals surface area contributed by atoms with Crippen LogP contribution in [0, 0.1) is 0 Å². The maximum Gasteiger partial charge on any atom is 0.356 e. The first-order chi connectivity index (χ1) is 9.25. The molecular formula is C11H9N5O2S. The minimum Gasteiger partial charge on any atom is -0.476 e. The van der Waals surface area contributed by atoms with Gasteiger partial charge in [-0.15, -0.1) is 0 Å². The van der Waals surface area contributed by atoms with Crippen molar-refractivity contribution in [3.8, 4) is 0 Å². The van der Waals surface area contributed by atoms with Crippen LogP contribution in [0.1, 0.15) is 16.1 Å². The lowest BCUT2D eigenvalue weighted by Gasteiger charge is -2.07. The van der Waals surface area contributed by atoms with Crippen molar-refractivity contribution < 1.29 is 9.90 Å². The second-order valence-corrected chi connectivity index (χ2v) is 4.47. The largest absolute Gasteiger partial charge is 0.476 e. The van der Waals surface area contributed by atoms with Crippen LogP contribution in [-0.4, -0.2) is 30.0 Å². The highest BCUT2D eigenvalue weighted by Crippen LogP contribution is 2.16. The van der Waals surface area contributed by atoms with Crippen LogP contribution in [0.4, 0.5) is 5.82 Å². The normalized spacial score (nSPS) is 10.7. The minimum absolute atomic E-state index is 0.0303. The number of fused-ring (bicyclic) bond motifs is 1. The molecule has 0 aliphatic carbocycles. The molecule has 0 spiro atoms. The molecule has 3 rings (SSSR count). The summed E-state index contributed by atoms with van der Waals surface area (Å²) < 4.78 is 5.36. The van der Waals surface area contributed by atoms with Crippen molar-refractivity contribution in [1.29, 1.82) is 0 Å². The van der Waals surface area contributed by atoms with Gasteiger partial charge in [-0.2, -0.15) is 5.10 Å². The quantitative estimate of drug-likeness (QED) is 0.749. The molecule has 8 heteroatoms. The molecule has 0 amide bonds. The summed E-state index contributed by atoms with van der Waals surface area (Å²) in [5, 5.41) is 18.1. The van der Waals surface area contributed by atoms with Crippen LogP contribution >= 0.6 is 11.5 Å². The number of carboxylic acid groups (broad SMARTS) is 1. The van der Waals surface area contributed by atoms with Crippen LogP contribution in [0.15, 0.2) is 30.0 Å². The lowest BCUT2D eigenvalue weighted by molar-refractivity contribution is 0.0687. The molecule has 19 heavy (non-hydrogen) atoms. The molecule has 0 aliphatic rings. The zero-order valence-electron chi connectivity index (χ0n) is 9.65. The van der Waals surface area contributed by atoms with Gasteiger partial charge in [-0.3, -0.25) is 0 Å². The molecule has 3 aromatic rings. The van der Waals surface area contributed by atoms with Gasteiger partial charge in [-0.05, 0) is 17.6 Å². The average molecular weight is 275 g/mol.